The first-order valence-corrected chi connectivity index (χ1v) is 3.06. The molecule has 1 heterocycles. The number of nitrogens with one attached hydrogen (secondary N) is 1. The van der Waals surface area contributed by atoms with Crippen LogP contribution in [0.4, 0.5) is 0 Å². The van der Waals surface area contributed by atoms with Crippen molar-refractivity contribution in [2.75, 3.05) is 13.6 Å². The third-order valence-electron chi connectivity index (χ3n) is 1.54. The van der Waals surface area contributed by atoms with E-state index in [1.54, 1.807) is 7.05 Å². The van der Waals surface area contributed by atoms with E-state index in [2.05, 4.69) is 0 Å². The van der Waals surface area contributed by atoms with E-state index in [0.29, 0.717) is 0 Å². The average molecular weight is 155 g/mol. The van der Waals surface area contributed by atoms with Gasteiger partial charge < -0.3 is 15.7 Å². The van der Waals surface area contributed by atoms with Gasteiger partial charge in [0, 0.05) is 7.05 Å². The van der Waals surface area contributed by atoms with Gasteiger partial charge in [0.2, 0.25) is 0 Å². The van der Waals surface area contributed by atoms with Crippen molar-refractivity contribution in [3.63, 3.8) is 0 Å². The average Bonchev–Trinajstić information content (AvgIpc) is 2.07. The van der Waals surface area contributed by atoms with Gasteiger partial charge >= 0.3 is 0 Å². The third-order valence-corrected chi connectivity index (χ3v) is 1.54. The van der Waals surface area contributed by atoms with Crippen molar-refractivity contribution in [2.24, 2.45) is 5.73 Å². The predicted octanol–water partition coefficient (Wildman–Crippen LogP) is -0.794. The van der Waals surface area contributed by atoms with E-state index in [1.807, 2.05) is 0 Å². The topological polar surface area (TPSA) is 90.4 Å². The van der Waals surface area contributed by atoms with Gasteiger partial charge in [-0.05, 0) is 0 Å². The van der Waals surface area contributed by atoms with Crippen LogP contribution in [0, 0.1) is 5.41 Å². The van der Waals surface area contributed by atoms with Crippen LogP contribution in [-0.2, 0) is 4.79 Å². The van der Waals surface area contributed by atoms with Gasteiger partial charge in [0.25, 0.3) is 5.91 Å². The molecule has 1 aliphatic heterocycles. The second kappa shape index (κ2) is 2.26. The number of rotatable bonds is 1. The molecule has 1 amide bonds. The van der Waals surface area contributed by atoms with Crippen molar-refractivity contribution in [3.8, 4) is 0 Å². The Morgan fingerprint density at radius 2 is 2.36 bits per heavy atom. The van der Waals surface area contributed by atoms with Gasteiger partial charge in [-0.15, -0.1) is 0 Å². The summed E-state index contributed by atoms with van der Waals surface area (Å²) < 4.78 is 0. The SMILES string of the molecule is CN1CC(O)=C(C(N)=O)C1=N. The van der Waals surface area contributed by atoms with Crippen molar-refractivity contribution in [3.05, 3.63) is 11.3 Å². The van der Waals surface area contributed by atoms with E-state index in [1.165, 1.54) is 4.90 Å². The molecule has 0 aromatic heterocycles. The summed E-state index contributed by atoms with van der Waals surface area (Å²) in [6, 6.07) is 0. The van der Waals surface area contributed by atoms with Gasteiger partial charge in [-0.3, -0.25) is 10.2 Å². The molecule has 0 fully saturated rings. The van der Waals surface area contributed by atoms with Crippen LogP contribution >= 0.6 is 0 Å². The Morgan fingerprint density at radius 3 is 2.55 bits per heavy atom. The maximum absolute atomic E-state index is 10.6. The molecule has 5 nitrogen and oxygen atoms in total. The van der Waals surface area contributed by atoms with Crippen LogP contribution in [0.5, 0.6) is 0 Å². The second-order valence-corrected chi connectivity index (χ2v) is 2.39. The number of primary amides is 1. The zero-order valence-electron chi connectivity index (χ0n) is 6.09. The first-order chi connectivity index (χ1) is 5.04. The Bertz CT molecular complexity index is 257. The van der Waals surface area contributed by atoms with Crippen molar-refractivity contribution < 1.29 is 9.90 Å². The molecule has 11 heavy (non-hydrogen) atoms. The molecule has 0 saturated heterocycles. The minimum atomic E-state index is -0.753. The number of amides is 1. The van der Waals surface area contributed by atoms with Gasteiger partial charge in [-0.1, -0.05) is 0 Å². The Labute approximate surface area is 63.6 Å². The number of amidine groups is 1. The largest absolute Gasteiger partial charge is 0.509 e. The number of hydrogen-bond acceptors (Lipinski definition) is 3. The summed E-state index contributed by atoms with van der Waals surface area (Å²) >= 11 is 0. The summed E-state index contributed by atoms with van der Waals surface area (Å²) in [5.41, 5.74) is 4.84. The highest BCUT2D eigenvalue weighted by atomic mass is 16.3. The maximum atomic E-state index is 10.6. The minimum Gasteiger partial charge on any atom is -0.509 e. The van der Waals surface area contributed by atoms with E-state index in [4.69, 9.17) is 16.2 Å². The molecule has 4 N–H and O–H groups in total. The molecule has 1 aliphatic rings. The first-order valence-electron chi connectivity index (χ1n) is 3.06. The van der Waals surface area contributed by atoms with Gasteiger partial charge in [0.05, 0.1) is 6.54 Å². The summed E-state index contributed by atoms with van der Waals surface area (Å²) in [5.74, 6) is -0.892. The smallest absolute Gasteiger partial charge is 0.255 e. The van der Waals surface area contributed by atoms with E-state index in [0.717, 1.165) is 0 Å². The lowest BCUT2D eigenvalue weighted by molar-refractivity contribution is -0.114. The predicted molar refractivity (Wildman–Crippen MR) is 39.2 cm³/mol. The summed E-state index contributed by atoms with van der Waals surface area (Å²) in [5, 5.41) is 16.4. The number of aliphatic hydroxyl groups is 1. The van der Waals surface area contributed by atoms with Crippen LogP contribution in [0.1, 0.15) is 0 Å². The molecule has 0 bridgehead atoms. The number of nitrogens with two attached hydrogens (primary N) is 1. The van der Waals surface area contributed by atoms with E-state index in [-0.39, 0.29) is 23.7 Å². The second-order valence-electron chi connectivity index (χ2n) is 2.39. The summed E-state index contributed by atoms with van der Waals surface area (Å²) in [6.07, 6.45) is 0. The quantitative estimate of drug-likeness (QED) is 0.463. The highest BCUT2D eigenvalue weighted by Gasteiger charge is 2.27. The summed E-state index contributed by atoms with van der Waals surface area (Å²) in [7, 11) is 1.61. The van der Waals surface area contributed by atoms with Crippen molar-refractivity contribution in [1.82, 2.24) is 4.90 Å². The molecule has 0 aromatic carbocycles. The molecule has 1 rings (SSSR count). The fourth-order valence-corrected chi connectivity index (χ4v) is 0.969. The number of carbonyl (C=O) groups is 1. The van der Waals surface area contributed by atoms with Crippen LogP contribution in [0.25, 0.3) is 0 Å². The molecule has 5 heteroatoms. The Hall–Kier alpha value is -1.52. The molecule has 0 aliphatic carbocycles. The normalized spacial score (nSPS) is 17.9. The van der Waals surface area contributed by atoms with E-state index >= 15 is 0 Å². The molecule has 0 spiro atoms. The molecule has 0 atom stereocenters. The van der Waals surface area contributed by atoms with Crippen LogP contribution in [0.15, 0.2) is 11.3 Å². The molecule has 0 aromatic rings. The number of carbonyl (C=O) groups excluding carboxylic acids is 1. The number of aliphatic hydroxyl groups excluding tert-OH is 1. The van der Waals surface area contributed by atoms with E-state index < -0.39 is 5.91 Å². The van der Waals surface area contributed by atoms with Crippen LogP contribution in [0.3, 0.4) is 0 Å². The minimum absolute atomic E-state index is 0.0185. The van der Waals surface area contributed by atoms with Crippen molar-refractivity contribution >= 4 is 11.7 Å². The zero-order chi connectivity index (χ0) is 8.59. The molecular weight excluding hydrogens is 146 g/mol. The number of hydrogen-bond donors (Lipinski definition) is 3. The van der Waals surface area contributed by atoms with Crippen molar-refractivity contribution in [1.29, 1.82) is 5.41 Å². The van der Waals surface area contributed by atoms with Gasteiger partial charge in [0.1, 0.15) is 17.2 Å². The molecular formula is C6H9N3O2. The van der Waals surface area contributed by atoms with Crippen LogP contribution < -0.4 is 5.73 Å². The standard InChI is InChI=1S/C6H9N3O2/c1-9-2-3(10)4(5(9)7)6(8)11/h7,10H,2H2,1H3,(H2,8,11). The molecule has 0 radical (unpaired) electrons. The van der Waals surface area contributed by atoms with Gasteiger partial charge in [-0.25, -0.2) is 0 Å². The lowest BCUT2D eigenvalue weighted by Gasteiger charge is -2.08. The molecule has 0 unspecified atom stereocenters. The lowest BCUT2D eigenvalue weighted by atomic mass is 10.2. The van der Waals surface area contributed by atoms with Crippen molar-refractivity contribution in [2.45, 2.75) is 0 Å². The Kier molecular flexibility index (Phi) is 1.56. The van der Waals surface area contributed by atoms with Gasteiger partial charge in [-0.2, -0.15) is 0 Å². The third kappa shape index (κ3) is 1.04. The maximum Gasteiger partial charge on any atom is 0.255 e. The molecule has 60 valence electrons. The number of nitrogens with zero attached hydrogens (tertiary/aromatic N) is 1. The molecule has 0 saturated carbocycles. The Balaban J connectivity index is 3.01. The lowest BCUT2D eigenvalue weighted by Crippen LogP contribution is -2.26. The summed E-state index contributed by atoms with van der Waals surface area (Å²) in [6.45, 7) is 0.192. The highest BCUT2D eigenvalue weighted by molar-refractivity contribution is 6.20. The monoisotopic (exact) mass is 155 g/mol. The van der Waals surface area contributed by atoms with Crippen LogP contribution in [-0.4, -0.2) is 35.3 Å². The van der Waals surface area contributed by atoms with E-state index in [9.17, 15) is 4.79 Å². The zero-order valence-corrected chi connectivity index (χ0v) is 6.09. The van der Waals surface area contributed by atoms with Crippen LogP contribution in [0.2, 0.25) is 0 Å². The fourth-order valence-electron chi connectivity index (χ4n) is 0.969. The fraction of sp³-hybridized carbons (Fsp3) is 0.333. The van der Waals surface area contributed by atoms with Gasteiger partial charge in [0.15, 0.2) is 0 Å². The Morgan fingerprint density at radius 1 is 1.82 bits per heavy atom. The summed E-state index contributed by atoms with van der Waals surface area (Å²) in [4.78, 5) is 12.0. The highest BCUT2D eigenvalue weighted by Crippen LogP contribution is 2.14. The first kappa shape index (κ1) is 7.59. The number of likely N-dealkylation sites (N-methyl/N-ethyl adjacent to an activating group) is 1.